The number of unbranched alkanes of at least 4 members (excludes halogenated alkanes) is 1. The van der Waals surface area contributed by atoms with E-state index in [0.717, 1.165) is 5.92 Å². The molecule has 3 N–H and O–H groups in total. The molecule has 18 heavy (non-hydrogen) atoms. The summed E-state index contributed by atoms with van der Waals surface area (Å²) in [5, 5.41) is 0. The van der Waals surface area contributed by atoms with Crippen molar-refractivity contribution in [3.05, 3.63) is 29.8 Å². The van der Waals surface area contributed by atoms with Crippen LogP contribution in [-0.4, -0.2) is 13.1 Å². The summed E-state index contributed by atoms with van der Waals surface area (Å²) in [6.45, 7) is 7.13. The van der Waals surface area contributed by atoms with Crippen LogP contribution in [0.25, 0.3) is 0 Å². The first-order chi connectivity index (χ1) is 8.31. The van der Waals surface area contributed by atoms with Gasteiger partial charge < -0.3 is 11.1 Å². The van der Waals surface area contributed by atoms with E-state index in [4.69, 9.17) is 0 Å². The van der Waals surface area contributed by atoms with E-state index in [1.807, 2.05) is 0 Å². The Morgan fingerprint density at radius 3 is 2.50 bits per heavy atom. The number of para-hydroxylation sites is 1. The molecule has 1 aromatic carbocycles. The van der Waals surface area contributed by atoms with Gasteiger partial charge in [-0.1, -0.05) is 38.5 Å². The second kappa shape index (κ2) is 7.42. The topological polar surface area (TPSA) is 38.2 Å². The third-order valence-corrected chi connectivity index (χ3v) is 3.92. The first-order valence-corrected chi connectivity index (χ1v) is 7.14. The second-order valence-corrected chi connectivity index (χ2v) is 5.40. The van der Waals surface area contributed by atoms with Gasteiger partial charge in [-0.15, -0.1) is 0 Å². The third-order valence-electron chi connectivity index (χ3n) is 3.92. The fraction of sp³-hybridized carbons (Fsp3) is 0.625. The molecule has 0 saturated carbocycles. The van der Waals surface area contributed by atoms with Crippen molar-refractivity contribution >= 4 is 5.69 Å². The molecule has 2 heteroatoms. The summed E-state index contributed by atoms with van der Waals surface area (Å²) in [7, 11) is 0. The molecule has 2 nitrogen and oxygen atoms in total. The first kappa shape index (κ1) is 15.0. The standard InChI is InChI=1S/C16H25N.H3N/c1-3-4-7-15-8-5-6-9-16(15)17-12-10-14(2)11-13-17;/h5-6,8-9,14H,3-4,7,10-13H2,1-2H3;1H3. The molecule has 0 amide bonds. The maximum atomic E-state index is 2.59. The third kappa shape index (κ3) is 3.74. The molecule has 1 aromatic rings. The fourth-order valence-corrected chi connectivity index (χ4v) is 2.65. The second-order valence-electron chi connectivity index (χ2n) is 5.40. The van der Waals surface area contributed by atoms with Crippen molar-refractivity contribution in [2.24, 2.45) is 5.92 Å². The Balaban J connectivity index is 0.00000162. The summed E-state index contributed by atoms with van der Waals surface area (Å²) in [5.41, 5.74) is 3.04. The van der Waals surface area contributed by atoms with Gasteiger partial charge in [0.15, 0.2) is 0 Å². The van der Waals surface area contributed by atoms with Gasteiger partial charge in [0.2, 0.25) is 0 Å². The predicted octanol–water partition coefficient (Wildman–Crippen LogP) is 4.43. The number of nitrogens with zero attached hydrogens (tertiary/aromatic N) is 1. The lowest BCUT2D eigenvalue weighted by molar-refractivity contribution is 0.438. The van der Waals surface area contributed by atoms with Gasteiger partial charge in [-0.3, -0.25) is 0 Å². The number of hydrogen-bond donors (Lipinski definition) is 1. The molecule has 1 saturated heterocycles. The Morgan fingerprint density at radius 1 is 1.17 bits per heavy atom. The number of anilines is 1. The molecule has 0 aromatic heterocycles. The zero-order valence-electron chi connectivity index (χ0n) is 12.0. The number of hydrogen-bond acceptors (Lipinski definition) is 2. The van der Waals surface area contributed by atoms with Gasteiger partial charge in [-0.05, 0) is 43.2 Å². The van der Waals surface area contributed by atoms with Crippen molar-refractivity contribution in [1.29, 1.82) is 0 Å². The van der Waals surface area contributed by atoms with Crippen LogP contribution < -0.4 is 11.1 Å². The maximum absolute atomic E-state index is 2.59. The summed E-state index contributed by atoms with van der Waals surface area (Å²) in [6, 6.07) is 8.98. The van der Waals surface area contributed by atoms with Gasteiger partial charge >= 0.3 is 0 Å². The molecule has 0 spiro atoms. The fourth-order valence-electron chi connectivity index (χ4n) is 2.65. The van der Waals surface area contributed by atoms with E-state index in [1.165, 1.54) is 50.9 Å². The van der Waals surface area contributed by atoms with Gasteiger partial charge in [0.25, 0.3) is 0 Å². The summed E-state index contributed by atoms with van der Waals surface area (Å²) in [6.07, 6.45) is 6.52. The Kier molecular flexibility index (Phi) is 6.20. The van der Waals surface area contributed by atoms with Crippen LogP contribution in [0.4, 0.5) is 5.69 Å². The normalized spacial score (nSPS) is 16.4. The Hall–Kier alpha value is -1.02. The van der Waals surface area contributed by atoms with Crippen LogP contribution in [0, 0.1) is 5.92 Å². The van der Waals surface area contributed by atoms with E-state index >= 15 is 0 Å². The monoisotopic (exact) mass is 248 g/mol. The van der Waals surface area contributed by atoms with Crippen molar-refractivity contribution in [3.8, 4) is 0 Å². The van der Waals surface area contributed by atoms with E-state index in [9.17, 15) is 0 Å². The van der Waals surface area contributed by atoms with Crippen molar-refractivity contribution < 1.29 is 0 Å². The van der Waals surface area contributed by atoms with Gasteiger partial charge in [0.1, 0.15) is 0 Å². The predicted molar refractivity (Wildman–Crippen MR) is 80.7 cm³/mol. The molecular weight excluding hydrogens is 220 g/mol. The number of aryl methyl sites for hydroxylation is 1. The van der Waals surface area contributed by atoms with Crippen LogP contribution in [0.15, 0.2) is 24.3 Å². The molecular formula is C16H28N2. The quantitative estimate of drug-likeness (QED) is 0.856. The van der Waals surface area contributed by atoms with Crippen LogP contribution >= 0.6 is 0 Å². The lowest BCUT2D eigenvalue weighted by atomic mass is 9.97. The van der Waals surface area contributed by atoms with Gasteiger partial charge in [-0.25, -0.2) is 0 Å². The molecule has 1 fully saturated rings. The number of benzene rings is 1. The van der Waals surface area contributed by atoms with E-state index in [2.05, 4.69) is 43.0 Å². The molecule has 1 aliphatic rings. The van der Waals surface area contributed by atoms with Gasteiger partial charge in [0, 0.05) is 18.8 Å². The van der Waals surface area contributed by atoms with Crippen molar-refractivity contribution in [2.45, 2.75) is 46.0 Å². The highest BCUT2D eigenvalue weighted by Crippen LogP contribution is 2.27. The van der Waals surface area contributed by atoms with E-state index in [0.29, 0.717) is 0 Å². The highest BCUT2D eigenvalue weighted by Gasteiger charge is 2.17. The van der Waals surface area contributed by atoms with E-state index in [-0.39, 0.29) is 6.15 Å². The molecule has 0 aliphatic carbocycles. The Bertz CT molecular complexity index is 341. The molecule has 0 unspecified atom stereocenters. The zero-order chi connectivity index (χ0) is 12.1. The largest absolute Gasteiger partial charge is 0.371 e. The molecule has 0 bridgehead atoms. The summed E-state index contributed by atoms with van der Waals surface area (Å²) in [4.78, 5) is 2.59. The highest BCUT2D eigenvalue weighted by molar-refractivity contribution is 5.54. The van der Waals surface area contributed by atoms with Crippen LogP contribution in [-0.2, 0) is 6.42 Å². The van der Waals surface area contributed by atoms with Crippen LogP contribution in [0.3, 0.4) is 0 Å². The van der Waals surface area contributed by atoms with Crippen LogP contribution in [0.2, 0.25) is 0 Å². The minimum atomic E-state index is 0. The van der Waals surface area contributed by atoms with Gasteiger partial charge in [-0.2, -0.15) is 0 Å². The van der Waals surface area contributed by atoms with E-state index in [1.54, 1.807) is 5.56 Å². The summed E-state index contributed by atoms with van der Waals surface area (Å²) >= 11 is 0. The minimum Gasteiger partial charge on any atom is -0.371 e. The average molecular weight is 248 g/mol. The van der Waals surface area contributed by atoms with Crippen molar-refractivity contribution in [2.75, 3.05) is 18.0 Å². The SMILES string of the molecule is CCCCc1ccccc1N1CCC(C)CC1.N. The smallest absolute Gasteiger partial charge is 0.0398 e. The lowest BCUT2D eigenvalue weighted by Crippen LogP contribution is -2.33. The van der Waals surface area contributed by atoms with Crippen molar-refractivity contribution in [1.82, 2.24) is 6.15 Å². The van der Waals surface area contributed by atoms with Crippen LogP contribution in [0.1, 0.15) is 45.1 Å². The lowest BCUT2D eigenvalue weighted by Gasteiger charge is -2.33. The van der Waals surface area contributed by atoms with E-state index < -0.39 is 0 Å². The molecule has 102 valence electrons. The minimum absolute atomic E-state index is 0. The first-order valence-electron chi connectivity index (χ1n) is 7.14. The maximum Gasteiger partial charge on any atom is 0.0398 e. The average Bonchev–Trinajstić information content (AvgIpc) is 2.38. The molecule has 2 rings (SSSR count). The van der Waals surface area contributed by atoms with Gasteiger partial charge in [0.05, 0.1) is 0 Å². The molecule has 0 radical (unpaired) electrons. The Morgan fingerprint density at radius 2 is 1.83 bits per heavy atom. The Labute approximate surface area is 112 Å². The number of rotatable bonds is 4. The van der Waals surface area contributed by atoms with Crippen LogP contribution in [0.5, 0.6) is 0 Å². The zero-order valence-corrected chi connectivity index (χ0v) is 12.0. The highest BCUT2D eigenvalue weighted by atomic mass is 15.1. The number of piperidine rings is 1. The van der Waals surface area contributed by atoms with Crippen molar-refractivity contribution in [3.63, 3.8) is 0 Å². The summed E-state index contributed by atoms with van der Waals surface area (Å²) in [5.74, 6) is 0.911. The molecule has 1 heterocycles. The molecule has 1 aliphatic heterocycles. The summed E-state index contributed by atoms with van der Waals surface area (Å²) < 4.78 is 0. The molecule has 0 atom stereocenters.